The first-order chi connectivity index (χ1) is 16.9. The van der Waals surface area contributed by atoms with Crippen LogP contribution in [0.3, 0.4) is 0 Å². The lowest BCUT2D eigenvalue weighted by molar-refractivity contribution is 0.625. The Balaban J connectivity index is 1.85. The first kappa shape index (κ1) is 22.9. The van der Waals surface area contributed by atoms with Crippen LogP contribution in [0.2, 0.25) is 0 Å². The molecule has 3 aromatic heterocycles. The molecule has 0 bridgehead atoms. The van der Waals surface area contributed by atoms with Crippen LogP contribution in [-0.4, -0.2) is 30.4 Å². The molecule has 0 radical (unpaired) electrons. The summed E-state index contributed by atoms with van der Waals surface area (Å²) in [5, 5.41) is 7.71. The van der Waals surface area contributed by atoms with Crippen molar-refractivity contribution in [2.24, 2.45) is 7.05 Å². The highest BCUT2D eigenvalue weighted by Gasteiger charge is 2.22. The molecule has 7 nitrogen and oxygen atoms in total. The van der Waals surface area contributed by atoms with E-state index in [1.54, 1.807) is 30.1 Å². The van der Waals surface area contributed by atoms with E-state index in [1.165, 1.54) is 33.1 Å². The second kappa shape index (κ2) is 9.07. The first-order valence-corrected chi connectivity index (χ1v) is 12.4. The second-order valence-electron chi connectivity index (χ2n) is 8.28. The Hall–Kier alpha value is -3.85. The second-order valence-corrected chi connectivity index (χ2v) is 9.13. The molecule has 0 spiro atoms. The molecule has 0 aliphatic rings. The maximum Gasteiger partial charge on any atom is 0.281 e. The SMILES string of the molecule is CCc1ccc(-c2c3c(=O)n(-c4ccccc4SC)[nH]c3cc(=O)n2Cc2ccn(C)n2)c(F)c1. The molecule has 0 saturated carbocycles. The predicted octanol–water partition coefficient (Wildman–Crippen LogP) is 4.35. The number of nitrogens with one attached hydrogen (secondary N) is 1. The van der Waals surface area contributed by atoms with Gasteiger partial charge in [0.15, 0.2) is 0 Å². The van der Waals surface area contributed by atoms with Crippen LogP contribution in [0.1, 0.15) is 18.2 Å². The zero-order valence-electron chi connectivity index (χ0n) is 19.6. The highest BCUT2D eigenvalue weighted by atomic mass is 32.2. The van der Waals surface area contributed by atoms with Gasteiger partial charge in [-0.05, 0) is 48.6 Å². The van der Waals surface area contributed by atoms with Gasteiger partial charge in [0.1, 0.15) is 5.82 Å². The number of pyridine rings is 1. The normalized spacial score (nSPS) is 11.4. The molecule has 0 saturated heterocycles. The van der Waals surface area contributed by atoms with Gasteiger partial charge in [-0.3, -0.25) is 19.4 Å². The molecular weight excluding hydrogens is 465 g/mol. The molecule has 0 aliphatic carbocycles. The number of hydrogen-bond acceptors (Lipinski definition) is 4. The third kappa shape index (κ3) is 4.01. The van der Waals surface area contributed by atoms with Gasteiger partial charge in [-0.1, -0.05) is 25.1 Å². The molecule has 0 amide bonds. The largest absolute Gasteiger partial charge is 0.301 e. The summed E-state index contributed by atoms with van der Waals surface area (Å²) in [6, 6.07) is 15.6. The minimum absolute atomic E-state index is 0.103. The Bertz CT molecular complexity index is 1680. The van der Waals surface area contributed by atoms with E-state index in [0.717, 1.165) is 10.5 Å². The molecule has 0 fully saturated rings. The van der Waals surface area contributed by atoms with Crippen molar-refractivity contribution in [2.75, 3.05) is 6.26 Å². The number of aromatic amines is 1. The Labute approximate surface area is 204 Å². The van der Waals surface area contributed by atoms with Crippen molar-refractivity contribution in [1.82, 2.24) is 24.1 Å². The maximum atomic E-state index is 15.4. The summed E-state index contributed by atoms with van der Waals surface area (Å²) in [6.45, 7) is 2.05. The summed E-state index contributed by atoms with van der Waals surface area (Å²) in [5.41, 5.74) is 2.19. The van der Waals surface area contributed by atoms with Crippen LogP contribution in [-0.2, 0) is 20.0 Å². The third-order valence-corrected chi connectivity index (χ3v) is 6.86. The van der Waals surface area contributed by atoms with Crippen LogP contribution in [0.15, 0.2) is 75.3 Å². The van der Waals surface area contributed by atoms with Gasteiger partial charge < -0.3 is 4.57 Å². The molecule has 2 aromatic carbocycles. The van der Waals surface area contributed by atoms with Crippen LogP contribution < -0.4 is 11.1 Å². The minimum Gasteiger partial charge on any atom is -0.301 e. The monoisotopic (exact) mass is 489 g/mol. The Morgan fingerprint density at radius 2 is 1.89 bits per heavy atom. The van der Waals surface area contributed by atoms with Crippen molar-refractivity contribution in [3.8, 4) is 16.9 Å². The van der Waals surface area contributed by atoms with Crippen LogP contribution in [0, 0.1) is 5.82 Å². The van der Waals surface area contributed by atoms with Gasteiger partial charge >= 0.3 is 0 Å². The number of aromatic nitrogens is 5. The standard InChI is InChI=1S/C26H24FN5O2S/c1-4-16-9-10-18(19(27)13-16)25-24-20(14-23(33)31(25)15-17-11-12-30(2)28-17)29-32(26(24)34)21-7-5-6-8-22(21)35-3/h5-14,29H,4,15H2,1-3H3. The summed E-state index contributed by atoms with van der Waals surface area (Å²) in [7, 11) is 1.79. The van der Waals surface area contributed by atoms with E-state index >= 15 is 4.39 Å². The lowest BCUT2D eigenvalue weighted by Crippen LogP contribution is -2.24. The van der Waals surface area contributed by atoms with Gasteiger partial charge in [0, 0.05) is 29.8 Å². The predicted molar refractivity (Wildman–Crippen MR) is 137 cm³/mol. The van der Waals surface area contributed by atoms with Gasteiger partial charge in [-0.15, -0.1) is 11.8 Å². The molecular formula is C26H24FN5O2S. The molecule has 9 heteroatoms. The summed E-state index contributed by atoms with van der Waals surface area (Å²) in [4.78, 5) is 28.0. The molecule has 0 atom stereocenters. The molecule has 1 N–H and O–H groups in total. The molecule has 0 unspecified atom stereocenters. The zero-order chi connectivity index (χ0) is 24.7. The van der Waals surface area contributed by atoms with Crippen molar-refractivity contribution in [2.45, 2.75) is 24.8 Å². The van der Waals surface area contributed by atoms with Gasteiger partial charge in [-0.25, -0.2) is 9.07 Å². The Morgan fingerprint density at radius 1 is 1.09 bits per heavy atom. The fraction of sp³-hybridized carbons (Fsp3) is 0.192. The maximum absolute atomic E-state index is 15.4. The number of nitrogens with zero attached hydrogens (tertiary/aromatic N) is 4. The number of aryl methyl sites for hydroxylation is 2. The van der Waals surface area contributed by atoms with E-state index in [0.29, 0.717) is 23.3 Å². The van der Waals surface area contributed by atoms with E-state index in [-0.39, 0.29) is 34.3 Å². The Kier molecular flexibility index (Phi) is 5.94. The number of H-pyrrole nitrogens is 1. The van der Waals surface area contributed by atoms with Crippen LogP contribution >= 0.6 is 11.8 Å². The lowest BCUT2D eigenvalue weighted by atomic mass is 10.0. The van der Waals surface area contributed by atoms with Crippen molar-refractivity contribution in [3.63, 3.8) is 0 Å². The number of fused-ring (bicyclic) bond motifs is 1. The van der Waals surface area contributed by atoms with Crippen LogP contribution in [0.25, 0.3) is 27.8 Å². The number of halogens is 1. The van der Waals surface area contributed by atoms with Gasteiger partial charge in [-0.2, -0.15) is 5.10 Å². The highest BCUT2D eigenvalue weighted by Crippen LogP contribution is 2.30. The minimum atomic E-state index is -0.484. The summed E-state index contributed by atoms with van der Waals surface area (Å²) in [6.07, 6.45) is 4.38. The molecule has 35 heavy (non-hydrogen) atoms. The number of rotatable bonds is 6. The fourth-order valence-corrected chi connectivity index (χ4v) is 4.92. The molecule has 0 aliphatic heterocycles. The van der Waals surface area contributed by atoms with Gasteiger partial charge in [0.2, 0.25) is 0 Å². The molecule has 5 aromatic rings. The smallest absolute Gasteiger partial charge is 0.281 e. The number of para-hydroxylation sites is 1. The first-order valence-electron chi connectivity index (χ1n) is 11.2. The van der Waals surface area contributed by atoms with E-state index in [2.05, 4.69) is 10.2 Å². The van der Waals surface area contributed by atoms with Crippen molar-refractivity contribution in [1.29, 1.82) is 0 Å². The van der Waals surface area contributed by atoms with E-state index in [9.17, 15) is 9.59 Å². The van der Waals surface area contributed by atoms with Crippen molar-refractivity contribution >= 4 is 22.7 Å². The number of hydrogen-bond donors (Lipinski definition) is 1. The molecule has 178 valence electrons. The van der Waals surface area contributed by atoms with Gasteiger partial charge in [0.25, 0.3) is 11.1 Å². The molecule has 3 heterocycles. The number of benzene rings is 2. The quantitative estimate of drug-likeness (QED) is 0.360. The third-order valence-electron chi connectivity index (χ3n) is 6.07. The number of thioether (sulfide) groups is 1. The Morgan fingerprint density at radius 3 is 2.57 bits per heavy atom. The lowest BCUT2D eigenvalue weighted by Gasteiger charge is -2.14. The summed E-state index contributed by atoms with van der Waals surface area (Å²) >= 11 is 1.51. The van der Waals surface area contributed by atoms with Crippen molar-refractivity contribution < 1.29 is 4.39 Å². The summed E-state index contributed by atoms with van der Waals surface area (Å²) in [5.74, 6) is -0.484. The fourth-order valence-electron chi connectivity index (χ4n) is 4.34. The topological polar surface area (TPSA) is 77.6 Å². The summed E-state index contributed by atoms with van der Waals surface area (Å²) < 4.78 is 19.9. The average Bonchev–Trinajstić information content (AvgIpc) is 3.42. The van der Waals surface area contributed by atoms with Crippen molar-refractivity contribution in [3.05, 3.63) is 98.6 Å². The highest BCUT2D eigenvalue weighted by molar-refractivity contribution is 7.98. The average molecular weight is 490 g/mol. The zero-order valence-corrected chi connectivity index (χ0v) is 20.4. The van der Waals surface area contributed by atoms with E-state index in [4.69, 9.17) is 0 Å². The van der Waals surface area contributed by atoms with E-state index < -0.39 is 5.82 Å². The van der Waals surface area contributed by atoms with Crippen LogP contribution in [0.5, 0.6) is 0 Å². The molecule has 5 rings (SSSR count). The van der Waals surface area contributed by atoms with Gasteiger partial charge in [0.05, 0.1) is 34.5 Å². The van der Waals surface area contributed by atoms with Crippen LogP contribution in [0.4, 0.5) is 4.39 Å². The van der Waals surface area contributed by atoms with E-state index in [1.807, 2.05) is 43.5 Å².